The molecule has 0 radical (unpaired) electrons. The summed E-state index contributed by atoms with van der Waals surface area (Å²) < 4.78 is 54.2. The number of aryl methyl sites for hydroxylation is 1. The molecule has 1 fully saturated rings. The average molecular weight is 576 g/mol. The maximum absolute atomic E-state index is 13.7. The Hall–Kier alpha value is -3.94. The van der Waals surface area contributed by atoms with Crippen molar-refractivity contribution in [3.05, 3.63) is 58.9 Å². The van der Waals surface area contributed by atoms with E-state index in [1.54, 1.807) is 23.7 Å². The predicted molar refractivity (Wildman–Crippen MR) is 143 cm³/mol. The normalized spacial score (nSPS) is 14.3. The van der Waals surface area contributed by atoms with Gasteiger partial charge in [-0.15, -0.1) is 0 Å². The van der Waals surface area contributed by atoms with Gasteiger partial charge in [0.25, 0.3) is 0 Å². The summed E-state index contributed by atoms with van der Waals surface area (Å²) >= 11 is 6.64. The number of rotatable bonds is 8. The molecule has 0 saturated carbocycles. The number of aromatic nitrogens is 4. The number of likely N-dealkylation sites (N-methyl/N-ethyl adjacent to an activating group) is 1. The highest BCUT2D eigenvalue weighted by molar-refractivity contribution is 6.36. The molecule has 210 valence electrons. The number of carbonyl (C=O) groups excluding carboxylic acids is 1. The predicted octanol–water partition coefficient (Wildman–Crippen LogP) is 5.36. The molecule has 10 nitrogen and oxygen atoms in total. The first kappa shape index (κ1) is 27.6. The van der Waals surface area contributed by atoms with Crippen molar-refractivity contribution in [1.82, 2.24) is 24.4 Å². The Morgan fingerprint density at radius 3 is 2.65 bits per heavy atom. The molecule has 40 heavy (non-hydrogen) atoms. The van der Waals surface area contributed by atoms with Crippen LogP contribution in [0.2, 0.25) is 5.02 Å². The minimum absolute atomic E-state index is 0.00967. The van der Waals surface area contributed by atoms with E-state index in [-0.39, 0.29) is 46.7 Å². The number of hydrogen-bond donors (Lipinski definition) is 2. The van der Waals surface area contributed by atoms with Gasteiger partial charge in [-0.3, -0.25) is 4.79 Å². The van der Waals surface area contributed by atoms with Crippen LogP contribution >= 0.6 is 11.6 Å². The number of ether oxygens (including phenoxy) is 2. The van der Waals surface area contributed by atoms with E-state index in [1.807, 2.05) is 7.05 Å². The summed E-state index contributed by atoms with van der Waals surface area (Å²) in [6.07, 6.45) is -1.70. The first-order valence-electron chi connectivity index (χ1n) is 12.2. The van der Waals surface area contributed by atoms with E-state index in [0.717, 1.165) is 25.2 Å². The number of imidazole rings is 1. The lowest BCUT2D eigenvalue weighted by molar-refractivity contribution is -0.137. The first-order chi connectivity index (χ1) is 19.0. The molecular formula is C26H25ClF3N7O3. The second kappa shape index (κ2) is 10.9. The number of pyridine rings is 2. The van der Waals surface area contributed by atoms with Gasteiger partial charge in [0, 0.05) is 45.0 Å². The van der Waals surface area contributed by atoms with Gasteiger partial charge in [-0.1, -0.05) is 11.6 Å². The van der Waals surface area contributed by atoms with Gasteiger partial charge in [0.05, 0.1) is 24.5 Å². The van der Waals surface area contributed by atoms with E-state index in [9.17, 15) is 18.0 Å². The van der Waals surface area contributed by atoms with Gasteiger partial charge in [-0.25, -0.2) is 9.97 Å². The van der Waals surface area contributed by atoms with Crippen LogP contribution in [0.25, 0.3) is 11.2 Å². The minimum Gasteiger partial charge on any atom is -0.454 e. The Labute approximate surface area is 232 Å². The zero-order valence-electron chi connectivity index (χ0n) is 21.7. The summed E-state index contributed by atoms with van der Waals surface area (Å²) in [5.41, 5.74) is 0.437. The molecule has 1 aliphatic rings. The van der Waals surface area contributed by atoms with E-state index >= 15 is 0 Å². The molecule has 0 unspecified atom stereocenters. The number of halogens is 4. The number of amides is 1. The molecule has 1 aliphatic heterocycles. The second-order valence-electron chi connectivity index (χ2n) is 9.46. The first-order valence-corrected chi connectivity index (χ1v) is 12.5. The molecule has 5 rings (SSSR count). The SMILES string of the molecule is CC(=O)Nc1cc(Oc2cnc3nc(Nc4cc(COC5CN(C)C5)cc(C(F)(F)F)c4)n(C)c3c2Cl)ccn1. The van der Waals surface area contributed by atoms with Crippen LogP contribution in [0.4, 0.5) is 30.6 Å². The molecule has 4 aromatic rings. The van der Waals surface area contributed by atoms with Crippen molar-refractivity contribution in [3.63, 3.8) is 0 Å². The van der Waals surface area contributed by atoms with Gasteiger partial charge in [-0.05, 0) is 36.9 Å². The minimum atomic E-state index is -4.54. The number of fused-ring (bicyclic) bond motifs is 1. The van der Waals surface area contributed by atoms with Crippen molar-refractivity contribution in [3.8, 4) is 11.5 Å². The molecule has 0 spiro atoms. The molecular weight excluding hydrogens is 551 g/mol. The number of hydrogen-bond acceptors (Lipinski definition) is 8. The Balaban J connectivity index is 1.41. The lowest BCUT2D eigenvalue weighted by Crippen LogP contribution is -2.49. The third-order valence-corrected chi connectivity index (χ3v) is 6.53. The average Bonchev–Trinajstić information content (AvgIpc) is 3.17. The van der Waals surface area contributed by atoms with Gasteiger partial charge in [0.2, 0.25) is 11.9 Å². The maximum atomic E-state index is 13.7. The van der Waals surface area contributed by atoms with Crippen LogP contribution in [0.3, 0.4) is 0 Å². The van der Waals surface area contributed by atoms with Crippen LogP contribution in [0.1, 0.15) is 18.1 Å². The monoisotopic (exact) mass is 575 g/mol. The van der Waals surface area contributed by atoms with Crippen molar-refractivity contribution in [2.75, 3.05) is 30.8 Å². The lowest BCUT2D eigenvalue weighted by Gasteiger charge is -2.35. The molecule has 0 atom stereocenters. The zero-order valence-corrected chi connectivity index (χ0v) is 22.5. The molecule has 0 aliphatic carbocycles. The summed E-state index contributed by atoms with van der Waals surface area (Å²) in [6.45, 7) is 2.88. The number of nitrogens with zero attached hydrogens (tertiary/aromatic N) is 5. The standard InChI is InChI=1S/C26H25ClF3N7O3/c1-14(38)33-21-9-18(4-5-31-21)40-20-10-32-24-23(22(20)27)37(3)25(35-24)34-17-7-15(6-16(8-17)26(28,29)30)13-39-19-11-36(2)12-19/h4-10,19H,11-13H2,1-3H3,(H,31,33,38)(H,32,34,35). The van der Waals surface area contributed by atoms with Crippen molar-refractivity contribution >= 4 is 46.1 Å². The van der Waals surface area contributed by atoms with Crippen LogP contribution in [-0.4, -0.2) is 56.6 Å². The van der Waals surface area contributed by atoms with Gasteiger partial charge < -0.3 is 29.6 Å². The molecule has 1 amide bonds. The third kappa shape index (κ3) is 6.11. The fourth-order valence-corrected chi connectivity index (χ4v) is 4.55. The fraction of sp³-hybridized carbons (Fsp3) is 0.308. The second-order valence-corrected chi connectivity index (χ2v) is 9.84. The number of anilines is 3. The highest BCUT2D eigenvalue weighted by atomic mass is 35.5. The van der Waals surface area contributed by atoms with Crippen LogP contribution < -0.4 is 15.4 Å². The molecule has 2 N–H and O–H groups in total. The van der Waals surface area contributed by atoms with Crippen molar-refractivity contribution < 1.29 is 27.4 Å². The van der Waals surface area contributed by atoms with Crippen LogP contribution in [0, 0.1) is 0 Å². The van der Waals surface area contributed by atoms with E-state index in [2.05, 4.69) is 30.5 Å². The van der Waals surface area contributed by atoms with Crippen LogP contribution in [0.15, 0.2) is 42.7 Å². The van der Waals surface area contributed by atoms with Crippen LogP contribution in [-0.2, 0) is 29.4 Å². The van der Waals surface area contributed by atoms with Gasteiger partial charge >= 0.3 is 6.18 Å². The van der Waals surface area contributed by atoms with Crippen molar-refractivity contribution in [1.29, 1.82) is 0 Å². The highest BCUT2D eigenvalue weighted by Gasteiger charge is 2.32. The number of likely N-dealkylation sites (tertiary alicyclic amines) is 1. The van der Waals surface area contributed by atoms with Gasteiger partial charge in [0.1, 0.15) is 22.1 Å². The Kier molecular flexibility index (Phi) is 7.53. The zero-order chi connectivity index (χ0) is 28.6. The molecule has 3 aromatic heterocycles. The van der Waals surface area contributed by atoms with Crippen LogP contribution in [0.5, 0.6) is 11.5 Å². The van der Waals surface area contributed by atoms with Crippen molar-refractivity contribution in [2.24, 2.45) is 7.05 Å². The summed E-state index contributed by atoms with van der Waals surface area (Å²) in [5, 5.41) is 5.72. The van der Waals surface area contributed by atoms with E-state index in [1.165, 1.54) is 25.4 Å². The number of benzene rings is 1. The fourth-order valence-electron chi connectivity index (χ4n) is 4.25. The summed E-state index contributed by atoms with van der Waals surface area (Å²) in [6, 6.07) is 6.80. The van der Waals surface area contributed by atoms with E-state index in [0.29, 0.717) is 22.6 Å². The molecule has 14 heteroatoms. The smallest absolute Gasteiger partial charge is 0.416 e. The summed E-state index contributed by atoms with van der Waals surface area (Å²) in [5.74, 6) is 0.809. The van der Waals surface area contributed by atoms with Crippen molar-refractivity contribution in [2.45, 2.75) is 25.8 Å². The number of alkyl halides is 3. The number of nitrogens with one attached hydrogen (secondary N) is 2. The lowest BCUT2D eigenvalue weighted by atomic mass is 10.1. The maximum Gasteiger partial charge on any atom is 0.416 e. The highest BCUT2D eigenvalue weighted by Crippen LogP contribution is 2.37. The topological polar surface area (TPSA) is 106 Å². The molecule has 1 aromatic carbocycles. The largest absolute Gasteiger partial charge is 0.454 e. The quantitative estimate of drug-likeness (QED) is 0.289. The molecule has 4 heterocycles. The van der Waals surface area contributed by atoms with Gasteiger partial charge in [-0.2, -0.15) is 18.2 Å². The third-order valence-electron chi connectivity index (χ3n) is 6.16. The molecule has 1 saturated heterocycles. The van der Waals surface area contributed by atoms with E-state index in [4.69, 9.17) is 21.1 Å². The Morgan fingerprint density at radius 1 is 1.18 bits per heavy atom. The summed E-state index contributed by atoms with van der Waals surface area (Å²) in [7, 11) is 3.60. The molecule has 0 bridgehead atoms. The Bertz CT molecular complexity index is 1570. The number of carbonyl (C=O) groups is 1. The van der Waals surface area contributed by atoms with E-state index < -0.39 is 11.7 Å². The van der Waals surface area contributed by atoms with Gasteiger partial charge in [0.15, 0.2) is 11.4 Å². The summed E-state index contributed by atoms with van der Waals surface area (Å²) in [4.78, 5) is 26.2. The Morgan fingerprint density at radius 2 is 1.95 bits per heavy atom.